The maximum atomic E-state index is 14.7. The van der Waals surface area contributed by atoms with Crippen molar-refractivity contribution in [3.8, 4) is 5.75 Å². The molecule has 3 aliphatic rings. The van der Waals surface area contributed by atoms with Crippen LogP contribution in [0, 0.1) is 35.3 Å². The summed E-state index contributed by atoms with van der Waals surface area (Å²) in [6.07, 6.45) is 18.4. The van der Waals surface area contributed by atoms with E-state index in [0.29, 0.717) is 31.1 Å². The summed E-state index contributed by atoms with van der Waals surface area (Å²) in [6.45, 7) is 7.42. The Bertz CT molecular complexity index is 820. The topological polar surface area (TPSA) is 27.7 Å². The van der Waals surface area contributed by atoms with Crippen LogP contribution in [0.1, 0.15) is 108 Å². The van der Waals surface area contributed by atoms with E-state index in [0.717, 1.165) is 43.6 Å². The van der Waals surface area contributed by atoms with Gasteiger partial charge in [-0.1, -0.05) is 38.3 Å². The number of halogens is 2. The molecular weight excluding hydrogens is 470 g/mol. The van der Waals surface area contributed by atoms with Gasteiger partial charge in [-0.15, -0.1) is 6.58 Å². The fraction of sp³-hybridized carbons (Fsp3) is 0.750. The van der Waals surface area contributed by atoms with Crippen molar-refractivity contribution in [2.45, 2.75) is 109 Å². The van der Waals surface area contributed by atoms with Crippen LogP contribution in [0.2, 0.25) is 0 Å². The highest BCUT2D eigenvalue weighted by Crippen LogP contribution is 2.42. The number of ether oxygens (including phenoxy) is 3. The minimum Gasteiger partial charge on any atom is -0.490 e. The van der Waals surface area contributed by atoms with E-state index in [4.69, 9.17) is 14.2 Å². The zero-order chi connectivity index (χ0) is 26.0. The van der Waals surface area contributed by atoms with Crippen LogP contribution >= 0.6 is 0 Å². The van der Waals surface area contributed by atoms with Crippen LogP contribution in [0.3, 0.4) is 0 Å². The SMILES string of the molecule is C=CCCC1CCC(C2CCC(COC3CCC(c4ccc(OCCCC)c(F)c4F)CO3)CC2)CC1. The molecule has 0 N–H and O–H groups in total. The molecule has 0 radical (unpaired) electrons. The number of hydrogen-bond donors (Lipinski definition) is 0. The first kappa shape index (κ1) is 28.5. The first-order chi connectivity index (χ1) is 18.1. The molecule has 5 heteroatoms. The van der Waals surface area contributed by atoms with Gasteiger partial charge >= 0.3 is 0 Å². The van der Waals surface area contributed by atoms with Crippen molar-refractivity contribution in [2.24, 2.45) is 23.7 Å². The lowest BCUT2D eigenvalue weighted by molar-refractivity contribution is -0.175. The second-order valence-electron chi connectivity index (χ2n) is 11.8. The van der Waals surface area contributed by atoms with Crippen molar-refractivity contribution in [2.75, 3.05) is 19.8 Å². The van der Waals surface area contributed by atoms with E-state index in [-0.39, 0.29) is 18.0 Å². The molecule has 2 saturated carbocycles. The van der Waals surface area contributed by atoms with Crippen LogP contribution in [-0.4, -0.2) is 26.1 Å². The van der Waals surface area contributed by atoms with Crippen LogP contribution in [-0.2, 0) is 9.47 Å². The number of benzene rings is 1. The maximum Gasteiger partial charge on any atom is 0.200 e. The molecule has 1 aromatic carbocycles. The molecule has 0 bridgehead atoms. The molecule has 0 amide bonds. The summed E-state index contributed by atoms with van der Waals surface area (Å²) in [5, 5.41) is 0. The second-order valence-corrected chi connectivity index (χ2v) is 11.8. The van der Waals surface area contributed by atoms with Gasteiger partial charge in [0.25, 0.3) is 0 Å². The van der Waals surface area contributed by atoms with Gasteiger partial charge in [0.2, 0.25) is 5.82 Å². The lowest BCUT2D eigenvalue weighted by Crippen LogP contribution is -2.31. The zero-order valence-corrected chi connectivity index (χ0v) is 22.9. The number of rotatable bonds is 12. The molecular formula is C32H48F2O3. The fourth-order valence-corrected chi connectivity index (χ4v) is 6.78. The van der Waals surface area contributed by atoms with Gasteiger partial charge in [0.15, 0.2) is 17.9 Å². The molecule has 2 atom stereocenters. The third-order valence-corrected chi connectivity index (χ3v) is 9.25. The molecule has 37 heavy (non-hydrogen) atoms. The summed E-state index contributed by atoms with van der Waals surface area (Å²) in [6, 6.07) is 3.21. The van der Waals surface area contributed by atoms with Crippen molar-refractivity contribution in [1.82, 2.24) is 0 Å². The Morgan fingerprint density at radius 3 is 2.24 bits per heavy atom. The van der Waals surface area contributed by atoms with E-state index >= 15 is 0 Å². The second kappa shape index (κ2) is 14.6. The minimum atomic E-state index is -0.886. The van der Waals surface area contributed by atoms with Crippen LogP contribution in [0.5, 0.6) is 5.75 Å². The van der Waals surface area contributed by atoms with Gasteiger partial charge in [-0.25, -0.2) is 4.39 Å². The van der Waals surface area contributed by atoms with Crippen LogP contribution in [0.15, 0.2) is 24.8 Å². The van der Waals surface area contributed by atoms with E-state index in [1.54, 1.807) is 12.1 Å². The number of allylic oxidation sites excluding steroid dienone is 1. The highest BCUT2D eigenvalue weighted by Gasteiger charge is 2.32. The molecule has 1 aromatic rings. The Hall–Kier alpha value is -1.46. The maximum absolute atomic E-state index is 14.7. The molecule has 4 rings (SSSR count). The van der Waals surface area contributed by atoms with E-state index in [1.807, 2.05) is 6.92 Å². The number of hydrogen-bond acceptors (Lipinski definition) is 3. The molecule has 1 heterocycles. The lowest BCUT2D eigenvalue weighted by atomic mass is 9.69. The molecule has 0 spiro atoms. The van der Waals surface area contributed by atoms with Crippen molar-refractivity contribution in [1.29, 1.82) is 0 Å². The highest BCUT2D eigenvalue weighted by atomic mass is 19.2. The van der Waals surface area contributed by atoms with Gasteiger partial charge < -0.3 is 14.2 Å². The molecule has 1 aliphatic heterocycles. The predicted octanol–water partition coefficient (Wildman–Crippen LogP) is 8.96. The van der Waals surface area contributed by atoms with Gasteiger partial charge in [0.05, 0.1) is 19.8 Å². The monoisotopic (exact) mass is 518 g/mol. The molecule has 0 aromatic heterocycles. The zero-order valence-electron chi connectivity index (χ0n) is 22.9. The highest BCUT2D eigenvalue weighted by molar-refractivity contribution is 5.33. The van der Waals surface area contributed by atoms with E-state index in [9.17, 15) is 8.78 Å². The molecule has 1 saturated heterocycles. The average molecular weight is 519 g/mol. The standard InChI is InChI=1S/C32H48F2O3/c1-3-5-7-23-8-12-25(13-9-23)26-14-10-24(11-15-26)21-36-30-19-16-27(22-37-30)28-17-18-29(32(34)31(28)33)35-20-6-4-2/h3,17-18,23-27,30H,1,4-16,19-22H2,2H3. The smallest absolute Gasteiger partial charge is 0.200 e. The van der Waals surface area contributed by atoms with Gasteiger partial charge in [0, 0.05) is 5.92 Å². The van der Waals surface area contributed by atoms with Crippen molar-refractivity contribution in [3.05, 3.63) is 42.0 Å². The van der Waals surface area contributed by atoms with Gasteiger partial charge in [0.1, 0.15) is 0 Å². The minimum absolute atomic E-state index is 0.00134. The Labute approximate surface area is 223 Å². The summed E-state index contributed by atoms with van der Waals surface area (Å²) in [5.74, 6) is 1.54. The largest absolute Gasteiger partial charge is 0.490 e. The third kappa shape index (κ3) is 8.02. The van der Waals surface area contributed by atoms with E-state index in [2.05, 4.69) is 12.7 Å². The summed E-state index contributed by atoms with van der Waals surface area (Å²) in [7, 11) is 0. The lowest BCUT2D eigenvalue weighted by Gasteiger charge is -2.38. The van der Waals surface area contributed by atoms with E-state index in [1.165, 1.54) is 64.2 Å². The van der Waals surface area contributed by atoms with Gasteiger partial charge in [-0.2, -0.15) is 4.39 Å². The van der Waals surface area contributed by atoms with Gasteiger partial charge in [-0.3, -0.25) is 0 Å². The Kier molecular flexibility index (Phi) is 11.3. The Morgan fingerprint density at radius 2 is 1.62 bits per heavy atom. The first-order valence-corrected chi connectivity index (χ1v) is 15.0. The molecule has 208 valence electrons. The van der Waals surface area contributed by atoms with Crippen molar-refractivity contribution >= 4 is 0 Å². The van der Waals surface area contributed by atoms with Crippen LogP contribution in [0.4, 0.5) is 8.78 Å². The fourth-order valence-electron chi connectivity index (χ4n) is 6.78. The van der Waals surface area contributed by atoms with Crippen LogP contribution in [0.25, 0.3) is 0 Å². The van der Waals surface area contributed by atoms with E-state index < -0.39 is 11.6 Å². The average Bonchev–Trinajstić information content (AvgIpc) is 2.94. The summed E-state index contributed by atoms with van der Waals surface area (Å²) in [4.78, 5) is 0. The van der Waals surface area contributed by atoms with Crippen molar-refractivity contribution < 1.29 is 23.0 Å². The molecule has 2 aliphatic carbocycles. The third-order valence-electron chi connectivity index (χ3n) is 9.25. The summed E-state index contributed by atoms with van der Waals surface area (Å²) < 4.78 is 46.7. The van der Waals surface area contributed by atoms with Gasteiger partial charge in [-0.05, 0) is 106 Å². The summed E-state index contributed by atoms with van der Waals surface area (Å²) in [5.41, 5.74) is 0.381. The molecule has 3 fully saturated rings. The molecule has 3 nitrogen and oxygen atoms in total. The molecule has 2 unspecified atom stereocenters. The van der Waals surface area contributed by atoms with Crippen molar-refractivity contribution in [3.63, 3.8) is 0 Å². The Balaban J connectivity index is 1.13. The predicted molar refractivity (Wildman–Crippen MR) is 145 cm³/mol. The normalized spacial score (nSPS) is 30.7. The quantitative estimate of drug-likeness (QED) is 0.204. The summed E-state index contributed by atoms with van der Waals surface area (Å²) >= 11 is 0. The number of unbranched alkanes of at least 4 members (excludes halogenated alkanes) is 1. The Morgan fingerprint density at radius 1 is 0.919 bits per heavy atom. The first-order valence-electron chi connectivity index (χ1n) is 15.0. The van der Waals surface area contributed by atoms with Crippen LogP contribution < -0.4 is 4.74 Å².